The number of carbonyl (C=O) groups excluding carboxylic acids is 2. The van der Waals surface area contributed by atoms with Crippen LogP contribution in [0.3, 0.4) is 0 Å². The van der Waals surface area contributed by atoms with Gasteiger partial charge in [-0.3, -0.25) is 9.59 Å². The number of likely N-dealkylation sites (N-methyl/N-ethyl adjacent to an activating group) is 1. The smallest absolute Gasteiger partial charge is 0.246 e. The third-order valence-electron chi connectivity index (χ3n) is 5.81. The van der Waals surface area contributed by atoms with Crippen molar-refractivity contribution >= 4 is 81.7 Å². The summed E-state index contributed by atoms with van der Waals surface area (Å²) < 4.78 is 6.06. The normalized spacial score (nSPS) is 10.8. The molecule has 3 aromatic carbocycles. The summed E-state index contributed by atoms with van der Waals surface area (Å²) in [4.78, 5) is 30.9. The number of para-hydroxylation sites is 1. The topological polar surface area (TPSA) is 71.5 Å². The highest BCUT2D eigenvalue weighted by Crippen LogP contribution is 2.35. The van der Waals surface area contributed by atoms with E-state index in [0.29, 0.717) is 27.0 Å². The second-order valence-corrected chi connectivity index (χ2v) is 9.71. The number of benzene rings is 3. The summed E-state index contributed by atoms with van der Waals surface area (Å²) in [5.74, 6) is -0.164. The lowest BCUT2D eigenvalue weighted by Gasteiger charge is -2.21. The van der Waals surface area contributed by atoms with Crippen LogP contribution in [0.15, 0.2) is 72.8 Å². The fourth-order valence-electron chi connectivity index (χ4n) is 3.68. The molecule has 0 saturated heterocycles. The Morgan fingerprint density at radius 3 is 2.49 bits per heavy atom. The van der Waals surface area contributed by atoms with Gasteiger partial charge in [-0.1, -0.05) is 65.1 Å². The van der Waals surface area contributed by atoms with Crippen LogP contribution in [0.2, 0.25) is 15.1 Å². The second kappa shape index (κ2) is 13.7. The van der Waals surface area contributed by atoms with E-state index in [4.69, 9.17) is 39.5 Å². The van der Waals surface area contributed by atoms with Crippen LogP contribution < -0.4 is 15.0 Å². The van der Waals surface area contributed by atoms with Gasteiger partial charge < -0.3 is 15.0 Å². The number of halogens is 4. The number of carbonyl (C=O) groups is 2. The molecule has 0 saturated carbocycles. The maximum atomic E-state index is 12.8. The van der Waals surface area contributed by atoms with E-state index in [1.165, 1.54) is 11.0 Å². The lowest BCUT2D eigenvalue weighted by Crippen LogP contribution is -2.37. The molecule has 10 heteroatoms. The number of aromatic nitrogens is 1. The van der Waals surface area contributed by atoms with Crippen LogP contribution in [0.25, 0.3) is 17.0 Å². The molecule has 4 rings (SSSR count). The number of hydrogen-bond donors (Lipinski definition) is 1. The molecule has 0 bridgehead atoms. The van der Waals surface area contributed by atoms with Crippen molar-refractivity contribution in [3.63, 3.8) is 0 Å². The molecule has 39 heavy (non-hydrogen) atoms. The van der Waals surface area contributed by atoms with Gasteiger partial charge in [-0.2, -0.15) is 0 Å². The summed E-state index contributed by atoms with van der Waals surface area (Å²) in [7, 11) is 1.58. The minimum Gasteiger partial charge on any atom is -0.487 e. The Morgan fingerprint density at radius 2 is 1.74 bits per heavy atom. The van der Waals surface area contributed by atoms with Crippen molar-refractivity contribution in [2.45, 2.75) is 13.5 Å². The first-order chi connectivity index (χ1) is 18.2. The van der Waals surface area contributed by atoms with Crippen LogP contribution in [0.5, 0.6) is 5.75 Å². The molecule has 0 aliphatic carbocycles. The molecular formula is C29H25Cl4N3O3. The van der Waals surface area contributed by atoms with Gasteiger partial charge >= 0.3 is 0 Å². The van der Waals surface area contributed by atoms with Gasteiger partial charge in [0.25, 0.3) is 0 Å². The Labute approximate surface area is 247 Å². The van der Waals surface area contributed by atoms with E-state index < -0.39 is 5.91 Å². The van der Waals surface area contributed by atoms with E-state index in [-0.39, 0.29) is 36.5 Å². The first-order valence-electron chi connectivity index (χ1n) is 11.7. The summed E-state index contributed by atoms with van der Waals surface area (Å²) in [5, 5.41) is 4.84. The Morgan fingerprint density at radius 1 is 1.00 bits per heavy atom. The molecule has 202 valence electrons. The fraction of sp³-hybridized carbons (Fsp3) is 0.138. The molecule has 1 heterocycles. The minimum absolute atomic E-state index is 0. The molecule has 0 fully saturated rings. The summed E-state index contributed by atoms with van der Waals surface area (Å²) in [6.07, 6.45) is 2.99. The average Bonchev–Trinajstić information content (AvgIpc) is 2.91. The highest BCUT2D eigenvalue weighted by Gasteiger charge is 2.19. The van der Waals surface area contributed by atoms with Crippen LogP contribution in [0, 0.1) is 6.92 Å². The molecular weight excluding hydrogens is 580 g/mol. The van der Waals surface area contributed by atoms with Crippen LogP contribution >= 0.6 is 47.2 Å². The number of nitrogens with zero attached hydrogens (tertiary/aromatic N) is 2. The van der Waals surface area contributed by atoms with Gasteiger partial charge in [0.05, 0.1) is 17.3 Å². The lowest BCUT2D eigenvalue weighted by atomic mass is 10.1. The van der Waals surface area contributed by atoms with Gasteiger partial charge in [0.1, 0.15) is 17.9 Å². The predicted octanol–water partition coefficient (Wildman–Crippen LogP) is 7.30. The van der Waals surface area contributed by atoms with E-state index in [1.807, 2.05) is 37.3 Å². The number of ether oxygens (including phenoxy) is 1. The summed E-state index contributed by atoms with van der Waals surface area (Å²) in [6.45, 7) is 1.78. The summed E-state index contributed by atoms with van der Waals surface area (Å²) in [6, 6.07) is 19.9. The maximum Gasteiger partial charge on any atom is 0.246 e. The van der Waals surface area contributed by atoms with Gasteiger partial charge in [0, 0.05) is 39.8 Å². The van der Waals surface area contributed by atoms with Crippen molar-refractivity contribution < 1.29 is 14.3 Å². The van der Waals surface area contributed by atoms with Crippen molar-refractivity contribution in [3.05, 3.63) is 105 Å². The number of anilines is 1. The van der Waals surface area contributed by atoms with Crippen molar-refractivity contribution in [1.29, 1.82) is 0 Å². The quantitative estimate of drug-likeness (QED) is 0.214. The molecule has 0 radical (unpaired) electrons. The number of nitrogens with one attached hydrogen (secondary N) is 1. The van der Waals surface area contributed by atoms with Crippen LogP contribution in [0.4, 0.5) is 5.69 Å². The van der Waals surface area contributed by atoms with E-state index in [0.717, 1.165) is 22.2 Å². The molecule has 0 atom stereocenters. The Bertz CT molecular complexity index is 1520. The van der Waals surface area contributed by atoms with Crippen LogP contribution in [-0.4, -0.2) is 30.4 Å². The fourth-order valence-corrected chi connectivity index (χ4v) is 4.41. The molecule has 4 aromatic rings. The van der Waals surface area contributed by atoms with Gasteiger partial charge in [-0.05, 0) is 55.0 Å². The minimum atomic E-state index is -0.406. The van der Waals surface area contributed by atoms with E-state index >= 15 is 0 Å². The van der Waals surface area contributed by atoms with E-state index in [9.17, 15) is 9.59 Å². The first kappa shape index (κ1) is 30.3. The lowest BCUT2D eigenvalue weighted by molar-refractivity contribution is -0.122. The molecule has 0 unspecified atom stereocenters. The third-order valence-corrected chi connectivity index (χ3v) is 6.83. The SMILES string of the molecule is Cc1ccc2cccc(OCc3c(Cl)ccc(N(C)C(=O)CNC(=O)C=Cc4ccc(Cl)cc4)c3Cl)c2n1.Cl. The molecule has 0 aliphatic rings. The second-order valence-electron chi connectivity index (χ2n) is 8.48. The summed E-state index contributed by atoms with van der Waals surface area (Å²) >= 11 is 19.0. The first-order valence-corrected chi connectivity index (χ1v) is 12.8. The number of fused-ring (bicyclic) bond motifs is 1. The molecule has 0 spiro atoms. The van der Waals surface area contributed by atoms with E-state index in [1.54, 1.807) is 49.5 Å². The van der Waals surface area contributed by atoms with Gasteiger partial charge in [-0.15, -0.1) is 12.4 Å². The zero-order valence-corrected chi connectivity index (χ0v) is 24.2. The van der Waals surface area contributed by atoms with Crippen molar-refractivity contribution in [2.24, 2.45) is 0 Å². The average molecular weight is 605 g/mol. The van der Waals surface area contributed by atoms with Crippen molar-refractivity contribution in [2.75, 3.05) is 18.5 Å². The van der Waals surface area contributed by atoms with Crippen LogP contribution in [0.1, 0.15) is 16.8 Å². The molecule has 6 nitrogen and oxygen atoms in total. The zero-order valence-electron chi connectivity index (χ0n) is 21.1. The van der Waals surface area contributed by atoms with Gasteiger partial charge in [0.15, 0.2) is 0 Å². The standard InChI is InChI=1S/C29H24Cl3N3O3.ClH/c1-18-6-10-20-4-3-5-25(29(20)34-18)38-17-22-23(31)13-14-24(28(22)32)35(2)27(37)16-33-26(36)15-9-19-7-11-21(30)12-8-19;/h3-15H,16-17H2,1-2H3,(H,33,36);1H. The van der Waals surface area contributed by atoms with E-state index in [2.05, 4.69) is 10.3 Å². The number of aryl methyl sites for hydroxylation is 1. The Balaban J connectivity index is 0.00000420. The zero-order chi connectivity index (χ0) is 27.2. The number of hydrogen-bond acceptors (Lipinski definition) is 4. The van der Waals surface area contributed by atoms with Crippen molar-refractivity contribution in [1.82, 2.24) is 10.3 Å². The molecule has 2 amide bonds. The Kier molecular flexibility index (Phi) is 10.6. The van der Waals surface area contributed by atoms with Gasteiger partial charge in [-0.25, -0.2) is 4.98 Å². The molecule has 1 aromatic heterocycles. The highest BCUT2D eigenvalue weighted by molar-refractivity contribution is 6.38. The predicted molar refractivity (Wildman–Crippen MR) is 161 cm³/mol. The highest BCUT2D eigenvalue weighted by atomic mass is 35.5. The number of rotatable bonds is 8. The van der Waals surface area contributed by atoms with Crippen LogP contribution in [-0.2, 0) is 16.2 Å². The maximum absolute atomic E-state index is 12.8. The van der Waals surface area contributed by atoms with Gasteiger partial charge in [0.2, 0.25) is 11.8 Å². The molecule has 0 aliphatic heterocycles. The third kappa shape index (κ3) is 7.64. The molecule has 1 N–H and O–H groups in total. The summed E-state index contributed by atoms with van der Waals surface area (Å²) in [5.41, 5.74) is 3.40. The monoisotopic (exact) mass is 603 g/mol. The Hall–Kier alpha value is -3.29. The number of amides is 2. The van der Waals surface area contributed by atoms with Crippen molar-refractivity contribution in [3.8, 4) is 5.75 Å². The largest absolute Gasteiger partial charge is 0.487 e. The number of pyridine rings is 1.